The molecule has 2 rings (SSSR count). The smallest absolute Gasteiger partial charge is 0.322 e. The molecule has 1 unspecified atom stereocenters. The molecule has 0 radical (unpaired) electrons. The van der Waals surface area contributed by atoms with Gasteiger partial charge in [-0.2, -0.15) is 0 Å². The molecule has 7 heteroatoms. The number of urea groups is 1. The molecule has 1 aliphatic rings. The van der Waals surface area contributed by atoms with Gasteiger partial charge in [0.1, 0.15) is 0 Å². The van der Waals surface area contributed by atoms with Gasteiger partial charge in [-0.05, 0) is 29.5 Å². The molecule has 1 heterocycles. The van der Waals surface area contributed by atoms with E-state index in [1.165, 1.54) is 5.56 Å². The number of carbonyl (C=O) groups excluding carboxylic acids is 1. The highest BCUT2D eigenvalue weighted by Gasteiger charge is 2.34. The molecule has 0 aromatic heterocycles. The lowest BCUT2D eigenvalue weighted by atomic mass is 9.87. The topological polar surface area (TPSA) is 75.7 Å². The number of carbonyl (C=O) groups is 1. The Hall–Kier alpha value is -1.60. The number of anilines is 1. The summed E-state index contributed by atoms with van der Waals surface area (Å²) in [5.74, 6) is 0.155. The van der Waals surface area contributed by atoms with E-state index in [1.807, 2.05) is 24.3 Å². The third-order valence-electron chi connectivity index (χ3n) is 4.45. The minimum Gasteiger partial charge on any atom is -0.383 e. The van der Waals surface area contributed by atoms with Crippen LogP contribution in [0.25, 0.3) is 0 Å². The van der Waals surface area contributed by atoms with Crippen molar-refractivity contribution < 1.29 is 17.9 Å². The molecule has 1 N–H and O–H groups in total. The molecule has 0 bridgehead atoms. The Kier molecular flexibility index (Phi) is 6.11. The van der Waals surface area contributed by atoms with Crippen molar-refractivity contribution in [3.05, 3.63) is 29.8 Å². The van der Waals surface area contributed by atoms with Gasteiger partial charge in [0.15, 0.2) is 9.84 Å². The number of amides is 2. The minimum atomic E-state index is -3.06. The van der Waals surface area contributed by atoms with Crippen LogP contribution in [0.15, 0.2) is 24.3 Å². The molecule has 1 saturated heterocycles. The SMILES string of the molecule is COCCN(C(=O)Nc1ccc(C(C)(C)C)cc1)C1CCS(=O)(=O)C1. The molecule has 2 amide bonds. The molecule has 1 aromatic rings. The number of ether oxygens (including phenoxy) is 1. The molecule has 6 nitrogen and oxygen atoms in total. The maximum Gasteiger partial charge on any atom is 0.322 e. The van der Waals surface area contributed by atoms with Crippen LogP contribution in [0.4, 0.5) is 10.5 Å². The average Bonchev–Trinajstić information content (AvgIpc) is 2.87. The summed E-state index contributed by atoms with van der Waals surface area (Å²) in [7, 11) is -1.49. The van der Waals surface area contributed by atoms with E-state index in [2.05, 4.69) is 26.1 Å². The molecule has 1 fully saturated rings. The Balaban J connectivity index is 2.08. The number of sulfone groups is 1. The van der Waals surface area contributed by atoms with E-state index < -0.39 is 9.84 Å². The number of hydrogen-bond donors (Lipinski definition) is 1. The maximum absolute atomic E-state index is 12.7. The first-order chi connectivity index (χ1) is 11.6. The van der Waals surface area contributed by atoms with E-state index in [1.54, 1.807) is 12.0 Å². The second kappa shape index (κ2) is 7.74. The zero-order valence-electron chi connectivity index (χ0n) is 15.4. The first-order valence-corrected chi connectivity index (χ1v) is 10.3. The normalized spacial score (nSPS) is 19.6. The van der Waals surface area contributed by atoms with E-state index in [4.69, 9.17) is 4.74 Å². The molecule has 0 spiro atoms. The van der Waals surface area contributed by atoms with E-state index in [9.17, 15) is 13.2 Å². The Bertz CT molecular complexity index is 693. The van der Waals surface area contributed by atoms with Gasteiger partial charge in [0.25, 0.3) is 0 Å². The van der Waals surface area contributed by atoms with Gasteiger partial charge in [-0.25, -0.2) is 13.2 Å². The van der Waals surface area contributed by atoms with Crippen molar-refractivity contribution in [2.24, 2.45) is 0 Å². The van der Waals surface area contributed by atoms with Crippen LogP contribution in [0.1, 0.15) is 32.8 Å². The highest BCUT2D eigenvalue weighted by Crippen LogP contribution is 2.24. The average molecular weight is 368 g/mol. The lowest BCUT2D eigenvalue weighted by Crippen LogP contribution is -2.45. The summed E-state index contributed by atoms with van der Waals surface area (Å²) in [5, 5.41) is 2.87. The van der Waals surface area contributed by atoms with Crippen molar-refractivity contribution in [3.8, 4) is 0 Å². The minimum absolute atomic E-state index is 0.0209. The molecular weight excluding hydrogens is 340 g/mol. The molecule has 1 aromatic carbocycles. The standard InChI is InChI=1S/C18H28N2O4S/c1-18(2,3)14-5-7-15(8-6-14)19-17(21)20(10-11-24-4)16-9-12-25(22,23)13-16/h5-8,16H,9-13H2,1-4H3,(H,19,21). The van der Waals surface area contributed by atoms with Crippen LogP contribution in [0.5, 0.6) is 0 Å². The van der Waals surface area contributed by atoms with Crippen molar-refractivity contribution in [2.75, 3.05) is 37.1 Å². The number of methoxy groups -OCH3 is 1. The number of benzene rings is 1. The molecule has 25 heavy (non-hydrogen) atoms. The Morgan fingerprint density at radius 3 is 2.40 bits per heavy atom. The predicted octanol–water partition coefficient (Wildman–Crippen LogP) is 2.65. The van der Waals surface area contributed by atoms with Gasteiger partial charge < -0.3 is 15.0 Å². The third-order valence-corrected chi connectivity index (χ3v) is 6.20. The number of nitrogens with zero attached hydrogens (tertiary/aromatic N) is 1. The molecule has 1 aliphatic heterocycles. The summed E-state index contributed by atoms with van der Waals surface area (Å²) < 4.78 is 28.6. The monoisotopic (exact) mass is 368 g/mol. The van der Waals surface area contributed by atoms with Crippen molar-refractivity contribution in [1.82, 2.24) is 4.90 Å². The van der Waals surface area contributed by atoms with Gasteiger partial charge in [-0.15, -0.1) is 0 Å². The van der Waals surface area contributed by atoms with Gasteiger partial charge in [-0.3, -0.25) is 0 Å². The second-order valence-electron chi connectivity index (χ2n) is 7.50. The van der Waals surface area contributed by atoms with Crippen molar-refractivity contribution in [2.45, 2.75) is 38.6 Å². The fourth-order valence-corrected chi connectivity index (χ4v) is 4.64. The highest BCUT2D eigenvalue weighted by molar-refractivity contribution is 7.91. The van der Waals surface area contributed by atoms with Crippen molar-refractivity contribution in [3.63, 3.8) is 0 Å². The van der Waals surface area contributed by atoms with Crippen LogP contribution in [0, 0.1) is 0 Å². The Morgan fingerprint density at radius 1 is 1.28 bits per heavy atom. The van der Waals surface area contributed by atoms with Gasteiger partial charge >= 0.3 is 6.03 Å². The molecular formula is C18H28N2O4S. The maximum atomic E-state index is 12.7. The molecule has 1 atom stereocenters. The van der Waals surface area contributed by atoms with Crippen molar-refractivity contribution in [1.29, 1.82) is 0 Å². The van der Waals surface area contributed by atoms with E-state index >= 15 is 0 Å². The summed E-state index contributed by atoms with van der Waals surface area (Å²) in [6.45, 7) is 7.13. The fourth-order valence-electron chi connectivity index (χ4n) is 2.91. The van der Waals surface area contributed by atoms with E-state index in [0.29, 0.717) is 25.3 Å². The van der Waals surface area contributed by atoms with E-state index in [-0.39, 0.29) is 29.0 Å². The first kappa shape index (κ1) is 19.7. The zero-order chi connectivity index (χ0) is 18.7. The van der Waals surface area contributed by atoms with Crippen molar-refractivity contribution >= 4 is 21.6 Å². The zero-order valence-corrected chi connectivity index (χ0v) is 16.2. The number of rotatable bonds is 5. The van der Waals surface area contributed by atoms with Gasteiger partial charge in [-0.1, -0.05) is 32.9 Å². The third kappa shape index (κ3) is 5.44. The highest BCUT2D eigenvalue weighted by atomic mass is 32.2. The number of nitrogens with one attached hydrogen (secondary N) is 1. The lowest BCUT2D eigenvalue weighted by Gasteiger charge is -2.28. The molecule has 0 saturated carbocycles. The Labute approximate surface area is 150 Å². The number of hydrogen-bond acceptors (Lipinski definition) is 4. The largest absolute Gasteiger partial charge is 0.383 e. The lowest BCUT2D eigenvalue weighted by molar-refractivity contribution is 0.140. The van der Waals surface area contributed by atoms with Crippen LogP contribution < -0.4 is 5.32 Å². The summed E-state index contributed by atoms with van der Waals surface area (Å²) >= 11 is 0. The van der Waals surface area contributed by atoms with Crippen LogP contribution in [0.3, 0.4) is 0 Å². The summed E-state index contributed by atoms with van der Waals surface area (Å²) in [5.41, 5.74) is 1.93. The van der Waals surface area contributed by atoms with Crippen LogP contribution in [-0.4, -0.2) is 57.2 Å². The Morgan fingerprint density at radius 2 is 1.92 bits per heavy atom. The summed E-state index contributed by atoms with van der Waals surface area (Å²) in [4.78, 5) is 14.2. The molecule has 140 valence electrons. The molecule has 0 aliphatic carbocycles. The summed E-state index contributed by atoms with van der Waals surface area (Å²) in [6, 6.07) is 7.15. The second-order valence-corrected chi connectivity index (χ2v) is 9.73. The fraction of sp³-hybridized carbons (Fsp3) is 0.611. The van der Waals surface area contributed by atoms with E-state index in [0.717, 1.165) is 0 Å². The van der Waals surface area contributed by atoms with Crippen LogP contribution in [0.2, 0.25) is 0 Å². The predicted molar refractivity (Wildman–Crippen MR) is 99.8 cm³/mol. The quantitative estimate of drug-likeness (QED) is 0.867. The first-order valence-electron chi connectivity index (χ1n) is 8.50. The van der Waals surface area contributed by atoms with Gasteiger partial charge in [0.05, 0.1) is 18.1 Å². The van der Waals surface area contributed by atoms with Crippen LogP contribution in [-0.2, 0) is 20.0 Å². The van der Waals surface area contributed by atoms with Gasteiger partial charge in [0.2, 0.25) is 0 Å². The van der Waals surface area contributed by atoms with Gasteiger partial charge in [0, 0.05) is 25.4 Å². The van der Waals surface area contributed by atoms with Crippen LogP contribution >= 0.6 is 0 Å². The summed E-state index contributed by atoms with van der Waals surface area (Å²) in [6.07, 6.45) is 0.475.